The summed E-state index contributed by atoms with van der Waals surface area (Å²) in [6.07, 6.45) is 4.11. The summed E-state index contributed by atoms with van der Waals surface area (Å²) in [5.74, 6) is 0.720. The van der Waals surface area contributed by atoms with Gasteiger partial charge < -0.3 is 9.64 Å². The Labute approximate surface area is 91.8 Å². The van der Waals surface area contributed by atoms with Crippen molar-refractivity contribution in [1.82, 2.24) is 4.90 Å². The summed E-state index contributed by atoms with van der Waals surface area (Å²) < 4.78 is 19.1. The van der Waals surface area contributed by atoms with Crippen molar-refractivity contribution in [3.05, 3.63) is 0 Å². The van der Waals surface area contributed by atoms with Crippen molar-refractivity contribution in [3.63, 3.8) is 0 Å². The fourth-order valence-corrected chi connectivity index (χ4v) is 2.66. The minimum absolute atomic E-state index is 0.626. The molecule has 2 rings (SSSR count). The maximum absolute atomic E-state index is 13.8. The first kappa shape index (κ1) is 11.3. The van der Waals surface area contributed by atoms with Gasteiger partial charge in [-0.3, -0.25) is 0 Å². The average Bonchev–Trinajstić information content (AvgIpc) is 2.65. The van der Waals surface area contributed by atoms with Gasteiger partial charge in [-0.05, 0) is 51.6 Å². The van der Waals surface area contributed by atoms with Crippen LogP contribution in [0.3, 0.4) is 0 Å². The zero-order valence-electron chi connectivity index (χ0n) is 9.67. The van der Waals surface area contributed by atoms with Crippen molar-refractivity contribution >= 4 is 0 Å². The molecule has 88 valence electrons. The van der Waals surface area contributed by atoms with Crippen LogP contribution < -0.4 is 0 Å². The molecule has 3 heteroatoms. The first-order valence-corrected chi connectivity index (χ1v) is 6.15. The second-order valence-corrected chi connectivity index (χ2v) is 5.31. The molecular formula is C12H22FNO. The van der Waals surface area contributed by atoms with Crippen LogP contribution in [0.15, 0.2) is 0 Å². The Bertz CT molecular complexity index is 202. The van der Waals surface area contributed by atoms with Gasteiger partial charge in [-0.2, -0.15) is 0 Å². The highest BCUT2D eigenvalue weighted by Gasteiger charge is 2.30. The Morgan fingerprint density at radius 1 is 1.53 bits per heavy atom. The highest BCUT2D eigenvalue weighted by atomic mass is 19.1. The Morgan fingerprint density at radius 2 is 2.40 bits per heavy atom. The molecule has 0 unspecified atom stereocenters. The van der Waals surface area contributed by atoms with Gasteiger partial charge in [0.05, 0.1) is 0 Å². The number of ether oxygens (including phenoxy) is 1. The monoisotopic (exact) mass is 215 g/mol. The fraction of sp³-hybridized carbons (Fsp3) is 1.00. The minimum Gasteiger partial charge on any atom is -0.381 e. The van der Waals surface area contributed by atoms with Crippen LogP contribution in [0.2, 0.25) is 0 Å². The molecule has 0 aromatic heterocycles. The molecule has 2 fully saturated rings. The number of halogens is 1. The second-order valence-electron chi connectivity index (χ2n) is 5.31. The van der Waals surface area contributed by atoms with Gasteiger partial charge in [-0.25, -0.2) is 4.39 Å². The molecule has 2 saturated heterocycles. The first-order valence-electron chi connectivity index (χ1n) is 6.15. The Hall–Kier alpha value is -0.150. The molecule has 2 aliphatic heterocycles. The SMILES string of the molecule is C[C@]1(F)CCCN(CC[C@H]2CCOC2)C1. The molecule has 0 aliphatic carbocycles. The number of likely N-dealkylation sites (tertiary alicyclic amines) is 1. The molecule has 2 nitrogen and oxygen atoms in total. The summed E-state index contributed by atoms with van der Waals surface area (Å²) in [6, 6.07) is 0. The van der Waals surface area contributed by atoms with Crippen LogP contribution in [-0.2, 0) is 4.74 Å². The maximum Gasteiger partial charge on any atom is 0.120 e. The molecule has 2 heterocycles. The van der Waals surface area contributed by atoms with Gasteiger partial charge in [-0.15, -0.1) is 0 Å². The zero-order chi connectivity index (χ0) is 10.7. The van der Waals surface area contributed by atoms with Gasteiger partial charge >= 0.3 is 0 Å². The van der Waals surface area contributed by atoms with E-state index in [1.165, 1.54) is 12.8 Å². The molecule has 0 saturated carbocycles. The van der Waals surface area contributed by atoms with E-state index in [4.69, 9.17) is 4.74 Å². The van der Waals surface area contributed by atoms with Gasteiger partial charge in [0.15, 0.2) is 0 Å². The Kier molecular flexibility index (Phi) is 3.62. The smallest absolute Gasteiger partial charge is 0.120 e. The van der Waals surface area contributed by atoms with Crippen LogP contribution in [0.25, 0.3) is 0 Å². The molecule has 0 aromatic rings. The van der Waals surface area contributed by atoms with Crippen LogP contribution in [-0.4, -0.2) is 43.4 Å². The van der Waals surface area contributed by atoms with Crippen LogP contribution >= 0.6 is 0 Å². The molecule has 0 spiro atoms. The van der Waals surface area contributed by atoms with E-state index in [9.17, 15) is 4.39 Å². The minimum atomic E-state index is -0.954. The van der Waals surface area contributed by atoms with E-state index >= 15 is 0 Å². The van der Waals surface area contributed by atoms with Gasteiger partial charge in [0, 0.05) is 19.8 Å². The third-order valence-corrected chi connectivity index (χ3v) is 3.60. The van der Waals surface area contributed by atoms with Gasteiger partial charge in [-0.1, -0.05) is 0 Å². The fourth-order valence-electron chi connectivity index (χ4n) is 2.66. The highest BCUT2D eigenvalue weighted by molar-refractivity contribution is 4.83. The lowest BCUT2D eigenvalue weighted by Crippen LogP contribution is -2.44. The molecule has 0 amide bonds. The lowest BCUT2D eigenvalue weighted by Gasteiger charge is -2.35. The van der Waals surface area contributed by atoms with E-state index in [1.807, 2.05) is 0 Å². The number of piperidine rings is 1. The Balaban J connectivity index is 1.69. The van der Waals surface area contributed by atoms with Gasteiger partial charge in [0.25, 0.3) is 0 Å². The van der Waals surface area contributed by atoms with Crippen molar-refractivity contribution in [2.24, 2.45) is 5.92 Å². The van der Waals surface area contributed by atoms with Crippen molar-refractivity contribution in [3.8, 4) is 0 Å². The number of hydrogen-bond donors (Lipinski definition) is 0. The van der Waals surface area contributed by atoms with Crippen molar-refractivity contribution in [1.29, 1.82) is 0 Å². The van der Waals surface area contributed by atoms with Crippen molar-refractivity contribution < 1.29 is 9.13 Å². The molecule has 15 heavy (non-hydrogen) atoms. The van der Waals surface area contributed by atoms with Crippen LogP contribution in [0.5, 0.6) is 0 Å². The molecule has 0 N–H and O–H groups in total. The number of nitrogens with zero attached hydrogens (tertiary/aromatic N) is 1. The summed E-state index contributed by atoms with van der Waals surface area (Å²) in [4.78, 5) is 2.28. The molecular weight excluding hydrogens is 193 g/mol. The molecule has 0 aromatic carbocycles. The first-order chi connectivity index (χ1) is 7.16. The lowest BCUT2D eigenvalue weighted by atomic mass is 9.96. The van der Waals surface area contributed by atoms with E-state index in [-0.39, 0.29) is 0 Å². The van der Waals surface area contributed by atoms with Crippen LogP contribution in [0.4, 0.5) is 4.39 Å². The standard InChI is InChI=1S/C12H22FNO/c1-12(13)5-2-6-14(10-12)7-3-11-4-8-15-9-11/h11H,2-10H2,1H3/t11-,12-/m0/s1. The average molecular weight is 215 g/mol. The third kappa shape index (κ3) is 3.42. The normalized spacial score (nSPS) is 38.4. The third-order valence-electron chi connectivity index (χ3n) is 3.60. The topological polar surface area (TPSA) is 12.5 Å². The van der Waals surface area contributed by atoms with Crippen molar-refractivity contribution in [2.45, 2.75) is 38.3 Å². The largest absolute Gasteiger partial charge is 0.381 e. The van der Waals surface area contributed by atoms with Crippen molar-refractivity contribution in [2.75, 3.05) is 32.8 Å². The van der Waals surface area contributed by atoms with Gasteiger partial charge in [0.2, 0.25) is 0 Å². The summed E-state index contributed by atoms with van der Waals surface area (Å²) >= 11 is 0. The molecule has 0 bridgehead atoms. The number of rotatable bonds is 3. The van der Waals surface area contributed by atoms with E-state index in [2.05, 4.69) is 4.90 Å². The zero-order valence-corrected chi connectivity index (χ0v) is 9.67. The van der Waals surface area contributed by atoms with E-state index in [0.29, 0.717) is 6.54 Å². The lowest BCUT2D eigenvalue weighted by molar-refractivity contribution is 0.0568. The highest BCUT2D eigenvalue weighted by Crippen LogP contribution is 2.25. The predicted octanol–water partition coefficient (Wildman–Crippen LogP) is 2.24. The Morgan fingerprint density at radius 3 is 3.07 bits per heavy atom. The molecule has 0 radical (unpaired) electrons. The predicted molar refractivity (Wildman–Crippen MR) is 58.7 cm³/mol. The second kappa shape index (κ2) is 4.79. The van der Waals surface area contributed by atoms with E-state index in [1.54, 1.807) is 6.92 Å². The number of alkyl halides is 1. The number of hydrogen-bond acceptors (Lipinski definition) is 2. The summed E-state index contributed by atoms with van der Waals surface area (Å²) in [5, 5.41) is 0. The molecule has 2 atom stereocenters. The summed E-state index contributed by atoms with van der Waals surface area (Å²) in [7, 11) is 0. The summed E-state index contributed by atoms with van der Waals surface area (Å²) in [6.45, 7) is 6.32. The van der Waals surface area contributed by atoms with E-state index in [0.717, 1.165) is 45.1 Å². The quantitative estimate of drug-likeness (QED) is 0.716. The maximum atomic E-state index is 13.8. The van der Waals surface area contributed by atoms with Crippen LogP contribution in [0, 0.1) is 5.92 Å². The van der Waals surface area contributed by atoms with Gasteiger partial charge in [0.1, 0.15) is 5.67 Å². The van der Waals surface area contributed by atoms with E-state index < -0.39 is 5.67 Å². The molecule has 2 aliphatic rings. The van der Waals surface area contributed by atoms with Crippen LogP contribution in [0.1, 0.15) is 32.6 Å². The summed E-state index contributed by atoms with van der Waals surface area (Å²) in [5.41, 5.74) is -0.954.